The third kappa shape index (κ3) is 1.85. The van der Waals surface area contributed by atoms with Crippen LogP contribution in [0.2, 0.25) is 0 Å². The van der Waals surface area contributed by atoms with E-state index in [1.165, 1.54) is 0 Å². The highest BCUT2D eigenvalue weighted by atomic mass is 79.9. The van der Waals surface area contributed by atoms with Crippen LogP contribution in [0.4, 0.5) is 0 Å². The molecule has 0 fully saturated rings. The molecule has 1 aliphatic carbocycles. The quantitative estimate of drug-likeness (QED) is 0.519. The first kappa shape index (κ1) is 7.82. The maximum Gasteiger partial charge on any atom is 0.114 e. The molecule has 1 aliphatic rings. The fourth-order valence-corrected chi connectivity index (χ4v) is 1.06. The van der Waals surface area contributed by atoms with Crippen LogP contribution in [0.5, 0.6) is 0 Å². The molecule has 1 atom stereocenters. The van der Waals surface area contributed by atoms with Gasteiger partial charge in [0.15, 0.2) is 0 Å². The average Bonchev–Trinajstić information content (AvgIpc) is 1.88. The van der Waals surface area contributed by atoms with E-state index in [2.05, 4.69) is 15.9 Å². The summed E-state index contributed by atoms with van der Waals surface area (Å²) in [5.41, 5.74) is 5.72. The molecule has 0 radical (unpaired) electrons. The van der Waals surface area contributed by atoms with Crippen LogP contribution in [0.25, 0.3) is 0 Å². The summed E-state index contributed by atoms with van der Waals surface area (Å²) >= 11 is 3.34. The van der Waals surface area contributed by atoms with E-state index in [-0.39, 0.29) is 4.45 Å². The summed E-state index contributed by atoms with van der Waals surface area (Å²) in [5, 5.41) is 0. The fourth-order valence-electron chi connectivity index (χ4n) is 0.765. The number of ether oxygens (including phenoxy) is 1. The lowest BCUT2D eigenvalue weighted by Gasteiger charge is -2.19. The Morgan fingerprint density at radius 2 is 2.50 bits per heavy atom. The van der Waals surface area contributed by atoms with Gasteiger partial charge in [-0.25, -0.2) is 0 Å². The SMILES string of the molecule is COC1=CCC(N)(Br)C=C1. The number of hydrogen-bond acceptors (Lipinski definition) is 2. The molecule has 0 spiro atoms. The molecule has 56 valence electrons. The normalized spacial score (nSPS) is 31.7. The number of alkyl halides is 1. The molecule has 0 heterocycles. The zero-order valence-electron chi connectivity index (χ0n) is 5.80. The molecule has 10 heavy (non-hydrogen) atoms. The second-order valence-electron chi connectivity index (χ2n) is 2.27. The molecule has 0 aromatic rings. The van der Waals surface area contributed by atoms with Crippen molar-refractivity contribution in [2.45, 2.75) is 10.9 Å². The first-order chi connectivity index (χ1) is 4.64. The van der Waals surface area contributed by atoms with E-state index in [9.17, 15) is 0 Å². The van der Waals surface area contributed by atoms with Gasteiger partial charge in [-0.15, -0.1) is 0 Å². The van der Waals surface area contributed by atoms with Crippen molar-refractivity contribution in [3.05, 3.63) is 24.0 Å². The van der Waals surface area contributed by atoms with Gasteiger partial charge in [0.05, 0.1) is 11.6 Å². The summed E-state index contributed by atoms with van der Waals surface area (Å²) in [6.45, 7) is 0. The van der Waals surface area contributed by atoms with Gasteiger partial charge in [-0.3, -0.25) is 0 Å². The molecule has 1 rings (SSSR count). The Balaban J connectivity index is 2.63. The molecular formula is C7H10BrNO. The number of nitrogens with two attached hydrogens (primary N) is 1. The Bertz CT molecular complexity index is 184. The Kier molecular flexibility index (Phi) is 2.16. The van der Waals surface area contributed by atoms with E-state index in [0.29, 0.717) is 0 Å². The highest BCUT2D eigenvalue weighted by Gasteiger charge is 2.18. The lowest BCUT2D eigenvalue weighted by molar-refractivity contribution is 0.302. The minimum Gasteiger partial charge on any atom is -0.497 e. The summed E-state index contributed by atoms with van der Waals surface area (Å²) < 4.78 is 4.62. The highest BCUT2D eigenvalue weighted by Crippen LogP contribution is 2.23. The van der Waals surface area contributed by atoms with E-state index in [1.807, 2.05) is 18.2 Å². The van der Waals surface area contributed by atoms with Crippen LogP contribution in [0, 0.1) is 0 Å². The van der Waals surface area contributed by atoms with Gasteiger partial charge < -0.3 is 10.5 Å². The first-order valence-corrected chi connectivity index (χ1v) is 3.84. The Hall–Kier alpha value is -0.280. The lowest BCUT2D eigenvalue weighted by atomic mass is 10.1. The number of methoxy groups -OCH3 is 1. The molecule has 0 aliphatic heterocycles. The van der Waals surface area contributed by atoms with Crippen molar-refractivity contribution in [3.63, 3.8) is 0 Å². The minimum absolute atomic E-state index is 0.366. The van der Waals surface area contributed by atoms with Crippen molar-refractivity contribution in [1.29, 1.82) is 0 Å². The summed E-state index contributed by atoms with van der Waals surface area (Å²) in [4.78, 5) is 0. The van der Waals surface area contributed by atoms with Crippen molar-refractivity contribution in [2.24, 2.45) is 5.73 Å². The standard InChI is InChI=1S/C7H10BrNO/c1-10-6-2-4-7(8,9)5-3-6/h2-4H,5,9H2,1H3. The number of halogens is 1. The second kappa shape index (κ2) is 2.76. The van der Waals surface area contributed by atoms with Crippen molar-refractivity contribution in [3.8, 4) is 0 Å². The predicted octanol–water partition coefficient (Wildman–Crippen LogP) is 1.53. The van der Waals surface area contributed by atoms with Crippen LogP contribution in [0.1, 0.15) is 6.42 Å². The van der Waals surface area contributed by atoms with E-state index >= 15 is 0 Å². The molecule has 0 amide bonds. The number of rotatable bonds is 1. The van der Waals surface area contributed by atoms with Crippen molar-refractivity contribution < 1.29 is 4.74 Å². The molecule has 0 aromatic heterocycles. The van der Waals surface area contributed by atoms with Gasteiger partial charge in [0.25, 0.3) is 0 Å². The van der Waals surface area contributed by atoms with Gasteiger partial charge in [-0.2, -0.15) is 0 Å². The van der Waals surface area contributed by atoms with Crippen LogP contribution in [0.15, 0.2) is 24.0 Å². The molecule has 2 N–H and O–H groups in total. The molecular weight excluding hydrogens is 194 g/mol. The van der Waals surface area contributed by atoms with Crippen LogP contribution in [-0.4, -0.2) is 11.6 Å². The van der Waals surface area contributed by atoms with Crippen LogP contribution < -0.4 is 5.73 Å². The third-order valence-electron chi connectivity index (χ3n) is 1.38. The second-order valence-corrected chi connectivity index (χ2v) is 3.75. The van der Waals surface area contributed by atoms with Crippen LogP contribution in [-0.2, 0) is 4.74 Å². The van der Waals surface area contributed by atoms with Gasteiger partial charge in [0, 0.05) is 6.42 Å². The van der Waals surface area contributed by atoms with Gasteiger partial charge in [0.1, 0.15) is 5.76 Å². The molecule has 2 nitrogen and oxygen atoms in total. The number of hydrogen-bond donors (Lipinski definition) is 1. The van der Waals surface area contributed by atoms with Crippen molar-refractivity contribution in [2.75, 3.05) is 7.11 Å². The molecule has 0 bridgehead atoms. The van der Waals surface area contributed by atoms with Gasteiger partial charge >= 0.3 is 0 Å². The molecule has 0 aromatic carbocycles. The van der Waals surface area contributed by atoms with E-state index in [4.69, 9.17) is 10.5 Å². The summed E-state index contributed by atoms with van der Waals surface area (Å²) in [5.74, 6) is 0.875. The zero-order chi connectivity index (χ0) is 7.61. The lowest BCUT2D eigenvalue weighted by Crippen LogP contribution is -2.30. The largest absolute Gasteiger partial charge is 0.497 e. The van der Waals surface area contributed by atoms with E-state index in [1.54, 1.807) is 7.11 Å². The molecule has 1 unspecified atom stereocenters. The topological polar surface area (TPSA) is 35.2 Å². The maximum absolute atomic E-state index is 5.72. The van der Waals surface area contributed by atoms with Gasteiger partial charge in [-0.05, 0) is 12.2 Å². The van der Waals surface area contributed by atoms with Crippen LogP contribution >= 0.6 is 15.9 Å². The third-order valence-corrected chi connectivity index (χ3v) is 1.96. The highest BCUT2D eigenvalue weighted by molar-refractivity contribution is 9.10. The van der Waals surface area contributed by atoms with Gasteiger partial charge in [-0.1, -0.05) is 22.0 Å². The Labute approximate surface area is 68.9 Å². The Morgan fingerprint density at radius 1 is 1.80 bits per heavy atom. The van der Waals surface area contributed by atoms with Gasteiger partial charge in [0.2, 0.25) is 0 Å². The smallest absolute Gasteiger partial charge is 0.114 e. The molecule has 3 heteroatoms. The predicted molar refractivity (Wildman–Crippen MR) is 44.7 cm³/mol. The first-order valence-electron chi connectivity index (χ1n) is 3.05. The van der Waals surface area contributed by atoms with Crippen molar-refractivity contribution in [1.82, 2.24) is 0 Å². The van der Waals surface area contributed by atoms with E-state index in [0.717, 1.165) is 12.2 Å². The van der Waals surface area contributed by atoms with Crippen LogP contribution in [0.3, 0.4) is 0 Å². The molecule has 0 saturated heterocycles. The maximum atomic E-state index is 5.72. The fraction of sp³-hybridized carbons (Fsp3) is 0.429. The Morgan fingerprint density at radius 3 is 2.90 bits per heavy atom. The van der Waals surface area contributed by atoms with E-state index < -0.39 is 0 Å². The summed E-state index contributed by atoms with van der Waals surface area (Å²) in [6.07, 6.45) is 6.46. The average molecular weight is 204 g/mol. The minimum atomic E-state index is -0.366. The summed E-state index contributed by atoms with van der Waals surface area (Å²) in [7, 11) is 1.65. The number of allylic oxidation sites excluding steroid dienone is 1. The molecule has 0 saturated carbocycles. The van der Waals surface area contributed by atoms with Crippen molar-refractivity contribution >= 4 is 15.9 Å². The summed E-state index contributed by atoms with van der Waals surface area (Å²) in [6, 6.07) is 0. The monoisotopic (exact) mass is 203 g/mol. The zero-order valence-corrected chi connectivity index (χ0v) is 7.39.